The van der Waals surface area contributed by atoms with Crippen LogP contribution in [0.5, 0.6) is 17.2 Å². The molecule has 1 heterocycles. The summed E-state index contributed by atoms with van der Waals surface area (Å²) in [6.07, 6.45) is 2.49. The summed E-state index contributed by atoms with van der Waals surface area (Å²) in [7, 11) is 0. The van der Waals surface area contributed by atoms with Crippen molar-refractivity contribution in [2.75, 3.05) is 12.1 Å². The van der Waals surface area contributed by atoms with E-state index in [1.165, 1.54) is 0 Å². The van der Waals surface area contributed by atoms with Crippen LogP contribution in [0.2, 0.25) is 0 Å². The molecule has 8 nitrogen and oxygen atoms in total. The number of carbonyl (C=O) groups is 2. The van der Waals surface area contributed by atoms with E-state index in [1.807, 2.05) is 25.1 Å². The lowest BCUT2D eigenvalue weighted by molar-refractivity contribution is -0.131. The maximum atomic E-state index is 12.9. The summed E-state index contributed by atoms with van der Waals surface area (Å²) in [4.78, 5) is 23.6. The van der Waals surface area contributed by atoms with Gasteiger partial charge < -0.3 is 24.4 Å². The van der Waals surface area contributed by atoms with Crippen molar-refractivity contribution in [3.8, 4) is 17.2 Å². The molecule has 0 radical (unpaired) electrons. The zero-order valence-electron chi connectivity index (χ0n) is 18.6. The predicted octanol–water partition coefficient (Wildman–Crippen LogP) is 5.62. The largest absolute Gasteiger partial charge is 0.507 e. The number of allylic oxidation sites excluding steroid dienone is 1. The highest BCUT2D eigenvalue weighted by Crippen LogP contribution is 2.38. The molecule has 3 aromatic rings. The lowest BCUT2D eigenvalue weighted by atomic mass is 9.89. The number of carboxylic acids is 1. The molecule has 34 heavy (non-hydrogen) atoms. The van der Waals surface area contributed by atoms with Crippen LogP contribution in [0.25, 0.3) is 10.8 Å². The first kappa shape index (κ1) is 23.0. The van der Waals surface area contributed by atoms with Crippen molar-refractivity contribution in [1.82, 2.24) is 0 Å². The molecule has 0 saturated carbocycles. The van der Waals surface area contributed by atoms with Crippen LogP contribution < -0.4 is 14.8 Å². The van der Waals surface area contributed by atoms with Crippen molar-refractivity contribution in [2.45, 2.75) is 25.9 Å². The van der Waals surface area contributed by atoms with Gasteiger partial charge in [0.25, 0.3) is 0 Å². The van der Waals surface area contributed by atoms with Gasteiger partial charge in [0.05, 0.1) is 0 Å². The molecule has 1 aliphatic rings. The number of benzene rings is 3. The number of nitrogens with one attached hydrogen (secondary N) is 1. The Hall–Kier alpha value is -4.20. The number of fused-ring (bicyclic) bond motifs is 2. The molecule has 0 spiro atoms. The Morgan fingerprint density at radius 3 is 2.65 bits per heavy atom. The fourth-order valence-electron chi connectivity index (χ4n) is 3.97. The van der Waals surface area contributed by atoms with Gasteiger partial charge in [0.2, 0.25) is 6.79 Å². The van der Waals surface area contributed by atoms with Gasteiger partial charge in [0.1, 0.15) is 11.9 Å². The van der Waals surface area contributed by atoms with Crippen LogP contribution >= 0.6 is 0 Å². The van der Waals surface area contributed by atoms with E-state index in [9.17, 15) is 14.7 Å². The van der Waals surface area contributed by atoms with E-state index in [0.29, 0.717) is 35.4 Å². The number of aliphatic carboxylic acids is 1. The van der Waals surface area contributed by atoms with Crippen molar-refractivity contribution in [3.05, 3.63) is 72.3 Å². The average molecular weight is 463 g/mol. The minimum Gasteiger partial charge on any atom is -0.507 e. The van der Waals surface area contributed by atoms with E-state index < -0.39 is 18.2 Å². The zero-order chi connectivity index (χ0) is 24.1. The Labute approximate surface area is 196 Å². The average Bonchev–Trinajstić information content (AvgIpc) is 3.29. The quantitative estimate of drug-likeness (QED) is 0.371. The number of anilines is 1. The summed E-state index contributed by atoms with van der Waals surface area (Å²) in [5.74, 6) is 0.134. The van der Waals surface area contributed by atoms with Crippen LogP contribution in [0.1, 0.15) is 31.4 Å². The molecule has 8 heteroatoms. The molecule has 0 fully saturated rings. The third-order valence-electron chi connectivity index (χ3n) is 5.66. The van der Waals surface area contributed by atoms with Crippen LogP contribution in [0.15, 0.2) is 66.7 Å². The molecule has 176 valence electrons. The van der Waals surface area contributed by atoms with Crippen molar-refractivity contribution in [1.29, 1.82) is 0 Å². The second-order valence-corrected chi connectivity index (χ2v) is 8.03. The minimum absolute atomic E-state index is 0.132. The highest BCUT2D eigenvalue weighted by Gasteiger charge is 2.26. The number of amides is 1. The van der Waals surface area contributed by atoms with Crippen LogP contribution in [0.4, 0.5) is 10.5 Å². The van der Waals surface area contributed by atoms with Crippen LogP contribution in [0.3, 0.4) is 0 Å². The molecule has 0 unspecified atom stereocenters. The number of phenolic OH excluding ortho intramolecular Hbond substituents is 1. The van der Waals surface area contributed by atoms with E-state index in [1.54, 1.807) is 42.5 Å². The van der Waals surface area contributed by atoms with E-state index in [4.69, 9.17) is 19.3 Å². The van der Waals surface area contributed by atoms with Gasteiger partial charge in [-0.25, -0.2) is 9.59 Å². The molecule has 3 aromatic carbocycles. The second-order valence-electron chi connectivity index (χ2n) is 8.03. The van der Waals surface area contributed by atoms with Crippen LogP contribution in [-0.2, 0) is 9.53 Å². The molecule has 1 amide bonds. The minimum atomic E-state index is -1.01. The number of hydrogen-bond donors (Lipinski definition) is 3. The summed E-state index contributed by atoms with van der Waals surface area (Å²) >= 11 is 0. The van der Waals surface area contributed by atoms with Gasteiger partial charge in [-0.2, -0.15) is 0 Å². The Balaban J connectivity index is 1.58. The first-order valence-corrected chi connectivity index (χ1v) is 10.9. The summed E-state index contributed by atoms with van der Waals surface area (Å²) in [6, 6.07) is 15.8. The SMILES string of the molecule is C[C@H](CC/C=C/C(=O)O)[C@@H](OC(=O)Nc1ccc2c(c1)OCO2)c1ccc(O)c2ccccc12. The van der Waals surface area contributed by atoms with E-state index in [2.05, 4.69) is 5.32 Å². The Morgan fingerprint density at radius 2 is 1.85 bits per heavy atom. The molecule has 4 rings (SSSR count). The van der Waals surface area contributed by atoms with Gasteiger partial charge in [-0.15, -0.1) is 0 Å². The number of carbonyl (C=O) groups excluding carboxylic acids is 1. The fraction of sp³-hybridized carbons (Fsp3) is 0.231. The van der Waals surface area contributed by atoms with Gasteiger partial charge >= 0.3 is 12.1 Å². The zero-order valence-corrected chi connectivity index (χ0v) is 18.6. The van der Waals surface area contributed by atoms with Crippen molar-refractivity contribution in [3.63, 3.8) is 0 Å². The molecule has 2 atom stereocenters. The number of rotatable bonds is 8. The van der Waals surface area contributed by atoms with E-state index in [-0.39, 0.29) is 18.5 Å². The van der Waals surface area contributed by atoms with Gasteiger partial charge in [-0.3, -0.25) is 5.32 Å². The smallest absolute Gasteiger partial charge is 0.412 e. The van der Waals surface area contributed by atoms with E-state index in [0.717, 1.165) is 17.0 Å². The molecule has 1 aliphatic heterocycles. The Morgan fingerprint density at radius 1 is 1.09 bits per heavy atom. The molecule has 0 aliphatic carbocycles. The van der Waals surface area contributed by atoms with Gasteiger partial charge in [-0.05, 0) is 42.3 Å². The first-order valence-electron chi connectivity index (χ1n) is 10.9. The Bertz CT molecular complexity index is 1240. The molecule has 3 N–H and O–H groups in total. The van der Waals surface area contributed by atoms with Gasteiger partial charge in [0, 0.05) is 28.8 Å². The van der Waals surface area contributed by atoms with Crippen LogP contribution in [0, 0.1) is 5.92 Å². The predicted molar refractivity (Wildman–Crippen MR) is 126 cm³/mol. The molecule has 0 aromatic heterocycles. The summed E-state index contributed by atoms with van der Waals surface area (Å²) in [6.45, 7) is 2.07. The van der Waals surface area contributed by atoms with Crippen molar-refractivity contribution in [2.24, 2.45) is 5.92 Å². The summed E-state index contributed by atoms with van der Waals surface area (Å²) < 4.78 is 16.6. The fourth-order valence-corrected chi connectivity index (χ4v) is 3.97. The second kappa shape index (κ2) is 10.2. The maximum Gasteiger partial charge on any atom is 0.412 e. The maximum absolute atomic E-state index is 12.9. The topological polar surface area (TPSA) is 114 Å². The highest BCUT2D eigenvalue weighted by molar-refractivity contribution is 5.91. The van der Waals surface area contributed by atoms with Crippen molar-refractivity contribution < 1.29 is 34.0 Å². The number of hydrogen-bond acceptors (Lipinski definition) is 6. The molecule has 0 bridgehead atoms. The summed E-state index contributed by atoms with van der Waals surface area (Å²) in [5, 5.41) is 23.3. The lowest BCUT2D eigenvalue weighted by Crippen LogP contribution is -2.22. The number of phenols is 1. The monoisotopic (exact) mass is 463 g/mol. The normalized spacial score (nSPS) is 14.1. The molecular formula is C26H25NO7. The van der Waals surface area contributed by atoms with Crippen LogP contribution in [-0.4, -0.2) is 29.1 Å². The summed E-state index contributed by atoms with van der Waals surface area (Å²) in [5.41, 5.74) is 1.25. The third-order valence-corrected chi connectivity index (χ3v) is 5.66. The standard InChI is InChI=1S/C26H25NO7/c1-16(6-2-5-9-24(29)30)25(20-11-12-21(28)19-8-4-3-7-18(19)20)34-26(31)27-17-10-13-22-23(14-17)33-15-32-22/h3-5,7-14,16,25,28H,2,6,15H2,1H3,(H,27,31)(H,29,30)/b9-5+/t16-,25-/m1/s1. The van der Waals surface area contributed by atoms with Gasteiger partial charge in [0.15, 0.2) is 11.5 Å². The van der Waals surface area contributed by atoms with Gasteiger partial charge in [-0.1, -0.05) is 43.3 Å². The Kier molecular flexibility index (Phi) is 6.87. The van der Waals surface area contributed by atoms with E-state index >= 15 is 0 Å². The molecular weight excluding hydrogens is 438 g/mol. The number of ether oxygens (including phenoxy) is 3. The van der Waals surface area contributed by atoms with Crippen molar-refractivity contribution >= 4 is 28.5 Å². The molecule has 0 saturated heterocycles. The highest BCUT2D eigenvalue weighted by atomic mass is 16.7. The number of aromatic hydroxyl groups is 1. The third kappa shape index (κ3) is 5.23. The lowest BCUT2D eigenvalue weighted by Gasteiger charge is -2.26. The first-order chi connectivity index (χ1) is 16.4. The number of carboxylic acid groups (broad SMARTS) is 1.